The molecule has 1 aliphatic heterocycles. The van der Waals surface area contributed by atoms with Crippen LogP contribution in [0.25, 0.3) is 0 Å². The summed E-state index contributed by atoms with van der Waals surface area (Å²) in [7, 11) is 0. The first-order chi connectivity index (χ1) is 9.11. The van der Waals surface area contributed by atoms with Crippen LogP contribution in [0.5, 0.6) is 0 Å². The fourth-order valence-corrected chi connectivity index (χ4v) is 2.58. The molecular formula is C14H17FN4. The zero-order valence-electron chi connectivity index (χ0n) is 10.9. The Hall–Kier alpha value is -1.75. The van der Waals surface area contributed by atoms with Crippen LogP contribution in [0.3, 0.4) is 0 Å². The first-order valence-electron chi connectivity index (χ1n) is 6.55. The predicted octanol–water partition coefficient (Wildman–Crippen LogP) is 2.05. The molecule has 3 rings (SSSR count). The van der Waals surface area contributed by atoms with Crippen LogP contribution in [-0.2, 0) is 13.0 Å². The molecule has 2 N–H and O–H groups in total. The Morgan fingerprint density at radius 3 is 2.84 bits per heavy atom. The molecule has 2 heterocycles. The van der Waals surface area contributed by atoms with Crippen LogP contribution in [0.1, 0.15) is 36.6 Å². The number of rotatable bonds is 2. The van der Waals surface area contributed by atoms with Crippen molar-refractivity contribution in [1.82, 2.24) is 14.8 Å². The van der Waals surface area contributed by atoms with E-state index in [1.807, 2.05) is 4.68 Å². The number of halogens is 1. The number of aromatic nitrogens is 3. The molecule has 0 aliphatic carbocycles. The van der Waals surface area contributed by atoms with Crippen molar-refractivity contribution >= 4 is 0 Å². The smallest absolute Gasteiger partial charge is 0.155 e. The highest BCUT2D eigenvalue weighted by Gasteiger charge is 2.25. The molecule has 2 unspecified atom stereocenters. The molecule has 1 aromatic heterocycles. The maximum Gasteiger partial charge on any atom is 0.155 e. The summed E-state index contributed by atoms with van der Waals surface area (Å²) in [5.74, 6) is 1.93. The lowest BCUT2D eigenvalue weighted by molar-refractivity contribution is 0.325. The number of hydrogen-bond donors (Lipinski definition) is 1. The summed E-state index contributed by atoms with van der Waals surface area (Å²) in [5.41, 5.74) is 7.10. The van der Waals surface area contributed by atoms with Gasteiger partial charge in [-0.15, -0.1) is 0 Å². The second-order valence-corrected chi connectivity index (χ2v) is 5.32. The zero-order valence-corrected chi connectivity index (χ0v) is 10.9. The monoisotopic (exact) mass is 260 g/mol. The first-order valence-corrected chi connectivity index (χ1v) is 6.55. The Morgan fingerprint density at radius 2 is 2.11 bits per heavy atom. The fourth-order valence-electron chi connectivity index (χ4n) is 2.58. The molecule has 1 aromatic carbocycles. The Bertz CT molecular complexity index is 576. The molecule has 19 heavy (non-hydrogen) atoms. The quantitative estimate of drug-likeness (QED) is 0.899. The summed E-state index contributed by atoms with van der Waals surface area (Å²) in [6, 6.07) is 6.41. The standard InChI is InChI=1S/C14H17FN4/c1-9-6-12(16)14-17-13(18-19(14)8-9)7-10-2-4-11(15)5-3-10/h2-5,9,12H,6-8,16H2,1H3. The summed E-state index contributed by atoms with van der Waals surface area (Å²) in [6.45, 7) is 3.05. The molecule has 0 saturated heterocycles. The minimum absolute atomic E-state index is 0.0294. The average molecular weight is 260 g/mol. The van der Waals surface area contributed by atoms with Crippen LogP contribution in [0.15, 0.2) is 24.3 Å². The van der Waals surface area contributed by atoms with Crippen molar-refractivity contribution in [3.63, 3.8) is 0 Å². The van der Waals surface area contributed by atoms with Crippen molar-refractivity contribution in [3.05, 3.63) is 47.3 Å². The topological polar surface area (TPSA) is 56.7 Å². The van der Waals surface area contributed by atoms with Crippen LogP contribution in [-0.4, -0.2) is 14.8 Å². The van der Waals surface area contributed by atoms with Gasteiger partial charge in [-0.05, 0) is 30.0 Å². The maximum atomic E-state index is 12.9. The third-order valence-corrected chi connectivity index (χ3v) is 3.49. The van der Waals surface area contributed by atoms with Crippen LogP contribution < -0.4 is 5.73 Å². The zero-order chi connectivity index (χ0) is 13.4. The van der Waals surface area contributed by atoms with Crippen molar-refractivity contribution in [2.24, 2.45) is 11.7 Å². The molecule has 0 amide bonds. The van der Waals surface area contributed by atoms with Gasteiger partial charge in [0.25, 0.3) is 0 Å². The van der Waals surface area contributed by atoms with Gasteiger partial charge >= 0.3 is 0 Å². The molecule has 4 nitrogen and oxygen atoms in total. The lowest BCUT2D eigenvalue weighted by atomic mass is 9.98. The fraction of sp³-hybridized carbons (Fsp3) is 0.429. The van der Waals surface area contributed by atoms with Gasteiger partial charge in [-0.25, -0.2) is 14.1 Å². The van der Waals surface area contributed by atoms with E-state index in [0.29, 0.717) is 12.3 Å². The number of nitrogens with two attached hydrogens (primary N) is 1. The van der Waals surface area contributed by atoms with E-state index in [9.17, 15) is 4.39 Å². The van der Waals surface area contributed by atoms with Gasteiger partial charge in [0.15, 0.2) is 5.82 Å². The van der Waals surface area contributed by atoms with Gasteiger partial charge in [0.2, 0.25) is 0 Å². The third-order valence-electron chi connectivity index (χ3n) is 3.49. The highest BCUT2D eigenvalue weighted by Crippen LogP contribution is 2.25. The van der Waals surface area contributed by atoms with Crippen LogP contribution in [0.4, 0.5) is 4.39 Å². The van der Waals surface area contributed by atoms with Gasteiger partial charge < -0.3 is 5.73 Å². The van der Waals surface area contributed by atoms with E-state index in [4.69, 9.17) is 5.73 Å². The minimum atomic E-state index is -0.225. The van der Waals surface area contributed by atoms with Gasteiger partial charge in [-0.3, -0.25) is 0 Å². The Labute approximate surface area is 111 Å². The lowest BCUT2D eigenvalue weighted by Gasteiger charge is -2.23. The summed E-state index contributed by atoms with van der Waals surface area (Å²) >= 11 is 0. The summed E-state index contributed by atoms with van der Waals surface area (Å²) in [6.07, 6.45) is 1.57. The largest absolute Gasteiger partial charge is 0.321 e. The molecule has 5 heteroatoms. The molecule has 0 radical (unpaired) electrons. The minimum Gasteiger partial charge on any atom is -0.321 e. The molecule has 2 aromatic rings. The van der Waals surface area contributed by atoms with Gasteiger partial charge in [0.1, 0.15) is 11.6 Å². The lowest BCUT2D eigenvalue weighted by Crippen LogP contribution is -2.27. The van der Waals surface area contributed by atoms with E-state index in [2.05, 4.69) is 17.0 Å². The number of benzene rings is 1. The van der Waals surface area contributed by atoms with Crippen LogP contribution in [0.2, 0.25) is 0 Å². The summed E-state index contributed by atoms with van der Waals surface area (Å²) < 4.78 is 14.8. The van der Waals surface area contributed by atoms with E-state index >= 15 is 0 Å². The van der Waals surface area contributed by atoms with E-state index in [1.54, 1.807) is 12.1 Å². The number of nitrogens with zero attached hydrogens (tertiary/aromatic N) is 3. The van der Waals surface area contributed by atoms with Gasteiger partial charge in [0, 0.05) is 13.0 Å². The summed E-state index contributed by atoms with van der Waals surface area (Å²) in [5, 5.41) is 4.50. The van der Waals surface area contributed by atoms with E-state index < -0.39 is 0 Å². The molecule has 0 saturated carbocycles. The van der Waals surface area contributed by atoms with Gasteiger partial charge in [-0.1, -0.05) is 19.1 Å². The van der Waals surface area contributed by atoms with E-state index in [1.165, 1.54) is 12.1 Å². The van der Waals surface area contributed by atoms with E-state index in [0.717, 1.165) is 30.2 Å². The van der Waals surface area contributed by atoms with Crippen molar-refractivity contribution in [2.75, 3.05) is 0 Å². The van der Waals surface area contributed by atoms with Crippen molar-refractivity contribution in [1.29, 1.82) is 0 Å². The molecule has 0 fully saturated rings. The van der Waals surface area contributed by atoms with E-state index in [-0.39, 0.29) is 11.9 Å². The Balaban J connectivity index is 1.83. The highest BCUT2D eigenvalue weighted by atomic mass is 19.1. The second-order valence-electron chi connectivity index (χ2n) is 5.32. The predicted molar refractivity (Wildman–Crippen MR) is 69.9 cm³/mol. The molecule has 2 atom stereocenters. The highest BCUT2D eigenvalue weighted by molar-refractivity contribution is 5.20. The Kier molecular flexibility index (Phi) is 3.06. The van der Waals surface area contributed by atoms with Gasteiger partial charge in [-0.2, -0.15) is 5.10 Å². The Morgan fingerprint density at radius 1 is 1.37 bits per heavy atom. The molecule has 100 valence electrons. The first kappa shape index (κ1) is 12.3. The van der Waals surface area contributed by atoms with Crippen LogP contribution in [0, 0.1) is 11.7 Å². The normalized spacial score (nSPS) is 22.3. The van der Waals surface area contributed by atoms with Crippen molar-refractivity contribution in [2.45, 2.75) is 32.4 Å². The molecule has 1 aliphatic rings. The maximum absolute atomic E-state index is 12.9. The second kappa shape index (κ2) is 4.74. The molecule has 0 bridgehead atoms. The van der Waals surface area contributed by atoms with Crippen molar-refractivity contribution in [3.8, 4) is 0 Å². The van der Waals surface area contributed by atoms with Gasteiger partial charge in [0.05, 0.1) is 6.04 Å². The number of hydrogen-bond acceptors (Lipinski definition) is 3. The number of fused-ring (bicyclic) bond motifs is 1. The van der Waals surface area contributed by atoms with Crippen molar-refractivity contribution < 1.29 is 4.39 Å². The molecular weight excluding hydrogens is 243 g/mol. The average Bonchev–Trinajstić information content (AvgIpc) is 2.75. The molecule has 0 spiro atoms. The van der Waals surface area contributed by atoms with Crippen LogP contribution >= 0.6 is 0 Å². The third kappa shape index (κ3) is 2.51. The summed E-state index contributed by atoms with van der Waals surface area (Å²) in [4.78, 5) is 4.52. The SMILES string of the molecule is CC1CC(N)c2nc(Cc3ccc(F)cc3)nn2C1.